The lowest BCUT2D eigenvalue weighted by Crippen LogP contribution is -2.22. The zero-order valence-corrected chi connectivity index (χ0v) is 22.0. The third-order valence-corrected chi connectivity index (χ3v) is 7.76. The quantitative estimate of drug-likeness (QED) is 0.167. The van der Waals surface area contributed by atoms with E-state index in [4.69, 9.17) is 16.6 Å². The first-order valence-corrected chi connectivity index (χ1v) is 13.7. The molecule has 1 aliphatic rings. The van der Waals surface area contributed by atoms with Crippen LogP contribution in [0, 0.1) is 0 Å². The molecule has 37 heavy (non-hydrogen) atoms. The number of nitrogens with zero attached hydrogens (tertiary/aromatic N) is 2. The Morgan fingerprint density at radius 3 is 2.32 bits per heavy atom. The van der Waals surface area contributed by atoms with Gasteiger partial charge in [-0.15, -0.1) is 0 Å². The molecule has 0 unspecified atom stereocenters. The van der Waals surface area contributed by atoms with Gasteiger partial charge >= 0.3 is 0 Å². The minimum absolute atomic E-state index is 0.126. The number of hydrogen-bond donors (Lipinski definition) is 1. The van der Waals surface area contributed by atoms with Crippen molar-refractivity contribution in [1.29, 1.82) is 0 Å². The number of rotatable bonds is 9. The number of aromatic nitrogens is 2. The Kier molecular flexibility index (Phi) is 7.44. The summed E-state index contributed by atoms with van der Waals surface area (Å²) < 4.78 is 2.18. The fraction of sp³-hybridized carbons (Fsp3) is 0.241. The first kappa shape index (κ1) is 25.2. The number of unbranched alkanes of at least 4 members (excludes halogenated alkanes) is 3. The molecule has 1 aliphatic carbocycles. The van der Waals surface area contributed by atoms with Crippen molar-refractivity contribution < 1.29 is 14.4 Å². The van der Waals surface area contributed by atoms with Crippen LogP contribution in [0.15, 0.2) is 65.8 Å². The lowest BCUT2D eigenvalue weighted by Gasteiger charge is -2.19. The van der Waals surface area contributed by atoms with Crippen molar-refractivity contribution in [2.24, 2.45) is 0 Å². The Morgan fingerprint density at radius 2 is 1.59 bits per heavy atom. The molecule has 1 aromatic heterocycles. The summed E-state index contributed by atoms with van der Waals surface area (Å²) in [6.45, 7) is 3.03. The number of ketones is 2. The summed E-state index contributed by atoms with van der Waals surface area (Å²) in [5.41, 5.74) is 3.47. The SMILES string of the molecule is CCCCCCn1c(SCC(=O)Nc2cc3c(cc2Cl)C(=O)c2ccccc2C3=O)nc2ccccc21. The standard InChI is InChI=1S/C29H26ClN3O3S/c1-2-3-4-9-14-33-25-13-8-7-12-23(25)32-29(33)37-17-26(34)31-24-16-21-20(15-22(24)30)27(35)18-10-5-6-11-19(18)28(21)36/h5-8,10-13,15-16H,2-4,9,14,17H2,1H3,(H,31,34). The van der Waals surface area contributed by atoms with E-state index in [0.29, 0.717) is 16.8 Å². The van der Waals surface area contributed by atoms with Crippen molar-refractivity contribution >= 4 is 57.6 Å². The molecule has 188 valence electrons. The summed E-state index contributed by atoms with van der Waals surface area (Å²) in [5.74, 6) is -0.658. The number of nitrogens with one attached hydrogen (secondary N) is 1. The smallest absolute Gasteiger partial charge is 0.234 e. The molecule has 0 saturated carbocycles. The number of imidazole rings is 1. The molecule has 0 radical (unpaired) electrons. The van der Waals surface area contributed by atoms with E-state index in [1.165, 1.54) is 36.7 Å². The van der Waals surface area contributed by atoms with Crippen LogP contribution >= 0.6 is 23.4 Å². The van der Waals surface area contributed by atoms with Gasteiger partial charge in [-0.05, 0) is 30.7 Å². The van der Waals surface area contributed by atoms with Crippen molar-refractivity contribution in [3.63, 3.8) is 0 Å². The molecule has 8 heteroatoms. The second-order valence-corrected chi connectivity index (χ2v) is 10.4. The van der Waals surface area contributed by atoms with Crippen LogP contribution in [0.4, 0.5) is 5.69 Å². The highest BCUT2D eigenvalue weighted by atomic mass is 35.5. The van der Waals surface area contributed by atoms with Crippen molar-refractivity contribution in [3.8, 4) is 0 Å². The van der Waals surface area contributed by atoms with Crippen LogP contribution in [0.3, 0.4) is 0 Å². The molecule has 0 bridgehead atoms. The first-order valence-electron chi connectivity index (χ1n) is 12.4. The average Bonchev–Trinajstić information content (AvgIpc) is 3.27. The minimum atomic E-state index is -0.272. The summed E-state index contributed by atoms with van der Waals surface area (Å²) in [7, 11) is 0. The van der Waals surface area contributed by atoms with Crippen molar-refractivity contribution in [2.75, 3.05) is 11.1 Å². The van der Waals surface area contributed by atoms with Gasteiger partial charge in [0.1, 0.15) is 0 Å². The average molecular weight is 532 g/mol. The molecule has 1 N–H and O–H groups in total. The van der Waals surface area contributed by atoms with E-state index in [2.05, 4.69) is 22.9 Å². The monoisotopic (exact) mass is 531 g/mol. The topological polar surface area (TPSA) is 81.1 Å². The number of amides is 1. The van der Waals surface area contributed by atoms with Crippen LogP contribution in [-0.2, 0) is 11.3 Å². The lowest BCUT2D eigenvalue weighted by molar-refractivity contribution is -0.113. The van der Waals surface area contributed by atoms with Crippen LogP contribution in [0.25, 0.3) is 11.0 Å². The fourth-order valence-corrected chi connectivity index (χ4v) is 5.66. The van der Waals surface area contributed by atoms with Gasteiger partial charge in [0.05, 0.1) is 27.5 Å². The maximum atomic E-state index is 13.0. The van der Waals surface area contributed by atoms with Crippen LogP contribution in [0.5, 0.6) is 0 Å². The molecule has 1 heterocycles. The second kappa shape index (κ2) is 10.9. The molecule has 0 aliphatic heterocycles. The zero-order chi connectivity index (χ0) is 25.9. The van der Waals surface area contributed by atoms with Gasteiger partial charge < -0.3 is 9.88 Å². The molecule has 4 aromatic rings. The van der Waals surface area contributed by atoms with E-state index in [1.807, 2.05) is 18.2 Å². The first-order chi connectivity index (χ1) is 18.0. The molecule has 0 fully saturated rings. The predicted octanol–water partition coefficient (Wildman–Crippen LogP) is 6.78. The Bertz CT molecular complexity index is 1530. The van der Waals surface area contributed by atoms with Gasteiger partial charge in [0.25, 0.3) is 0 Å². The molecular weight excluding hydrogens is 506 g/mol. The number of thioether (sulfide) groups is 1. The number of hydrogen-bond acceptors (Lipinski definition) is 5. The van der Waals surface area contributed by atoms with E-state index in [1.54, 1.807) is 24.3 Å². The van der Waals surface area contributed by atoms with E-state index in [-0.39, 0.29) is 39.4 Å². The van der Waals surface area contributed by atoms with Crippen LogP contribution in [0.2, 0.25) is 5.02 Å². The second-order valence-electron chi connectivity index (χ2n) is 9.01. The molecule has 1 amide bonds. The van der Waals surface area contributed by atoms with Gasteiger partial charge in [-0.1, -0.05) is 85.9 Å². The number of halogens is 1. The van der Waals surface area contributed by atoms with Gasteiger partial charge in [-0.2, -0.15) is 0 Å². The summed E-state index contributed by atoms with van der Waals surface area (Å²) in [4.78, 5) is 43.6. The number of carbonyl (C=O) groups excluding carboxylic acids is 3. The number of benzene rings is 3. The highest BCUT2D eigenvalue weighted by Crippen LogP contribution is 2.34. The summed E-state index contributed by atoms with van der Waals surface area (Å²) in [5, 5.41) is 3.81. The predicted molar refractivity (Wildman–Crippen MR) is 148 cm³/mol. The minimum Gasteiger partial charge on any atom is -0.324 e. The summed E-state index contributed by atoms with van der Waals surface area (Å²) in [6.07, 6.45) is 4.56. The molecule has 5 rings (SSSR count). The largest absolute Gasteiger partial charge is 0.324 e. The fourth-order valence-electron chi connectivity index (χ4n) is 4.61. The van der Waals surface area contributed by atoms with Gasteiger partial charge in [0.15, 0.2) is 16.7 Å². The van der Waals surface area contributed by atoms with Crippen molar-refractivity contribution in [2.45, 2.75) is 44.3 Å². The van der Waals surface area contributed by atoms with E-state index >= 15 is 0 Å². The van der Waals surface area contributed by atoms with Crippen LogP contribution in [0.1, 0.15) is 64.4 Å². The van der Waals surface area contributed by atoms with E-state index in [9.17, 15) is 14.4 Å². The van der Waals surface area contributed by atoms with Gasteiger partial charge in [-0.25, -0.2) is 4.98 Å². The van der Waals surface area contributed by atoms with Crippen LogP contribution < -0.4 is 5.32 Å². The maximum absolute atomic E-state index is 13.0. The number of carbonyl (C=O) groups is 3. The molecule has 0 saturated heterocycles. The Morgan fingerprint density at radius 1 is 0.919 bits per heavy atom. The molecule has 0 spiro atoms. The summed E-state index contributed by atoms with van der Waals surface area (Å²) in [6, 6.07) is 17.7. The van der Waals surface area contributed by atoms with Gasteiger partial charge in [0.2, 0.25) is 5.91 Å². The van der Waals surface area contributed by atoms with Crippen molar-refractivity contribution in [1.82, 2.24) is 9.55 Å². The third kappa shape index (κ3) is 5.06. The van der Waals surface area contributed by atoms with E-state index < -0.39 is 0 Å². The highest BCUT2D eigenvalue weighted by Gasteiger charge is 2.30. The lowest BCUT2D eigenvalue weighted by atomic mass is 9.84. The van der Waals surface area contributed by atoms with E-state index in [0.717, 1.165) is 35.6 Å². The third-order valence-electron chi connectivity index (χ3n) is 6.47. The highest BCUT2D eigenvalue weighted by molar-refractivity contribution is 7.99. The van der Waals surface area contributed by atoms with Crippen molar-refractivity contribution in [3.05, 3.63) is 87.9 Å². The molecule has 0 atom stereocenters. The summed E-state index contributed by atoms with van der Waals surface area (Å²) >= 11 is 7.79. The molecule has 3 aromatic carbocycles. The van der Waals surface area contributed by atoms with Crippen LogP contribution in [-0.4, -0.2) is 32.8 Å². The van der Waals surface area contributed by atoms with Gasteiger partial charge in [-0.3, -0.25) is 14.4 Å². The number of para-hydroxylation sites is 2. The number of anilines is 1. The Balaban J connectivity index is 1.32. The van der Waals surface area contributed by atoms with Gasteiger partial charge in [0, 0.05) is 28.8 Å². The molecule has 6 nitrogen and oxygen atoms in total. The normalized spacial score (nSPS) is 12.5. The Labute approximate surface area is 224 Å². The number of aryl methyl sites for hydroxylation is 1. The molecular formula is C29H26ClN3O3S. The zero-order valence-electron chi connectivity index (χ0n) is 20.4. The maximum Gasteiger partial charge on any atom is 0.234 e. The number of fused-ring (bicyclic) bond motifs is 3. The Hall–Kier alpha value is -3.42.